The summed E-state index contributed by atoms with van der Waals surface area (Å²) >= 11 is 0. The summed E-state index contributed by atoms with van der Waals surface area (Å²) < 4.78 is 8.24. The van der Waals surface area contributed by atoms with Crippen LogP contribution in [0.3, 0.4) is 0 Å². The molecule has 2 heterocycles. The number of para-hydroxylation sites is 2. The average Bonchev–Trinajstić information content (AvgIpc) is 3.21. The van der Waals surface area contributed by atoms with Crippen LogP contribution in [0.4, 0.5) is 5.69 Å². The number of aromatic nitrogens is 4. The number of aliphatic hydroxyl groups excluding tert-OH is 1. The molecule has 0 aliphatic carbocycles. The van der Waals surface area contributed by atoms with Crippen molar-refractivity contribution >= 4 is 16.7 Å². The quantitative estimate of drug-likeness (QED) is 0.349. The number of hydrogen-bond donors (Lipinski definition) is 1. The first-order valence-corrected chi connectivity index (χ1v) is 9.90. The molecular formula is C22H21N5O5. The van der Waals surface area contributed by atoms with Crippen LogP contribution in [0.1, 0.15) is 11.1 Å². The first-order valence-electron chi connectivity index (χ1n) is 9.90. The van der Waals surface area contributed by atoms with Gasteiger partial charge in [0.05, 0.1) is 17.7 Å². The fourth-order valence-electron chi connectivity index (χ4n) is 3.38. The number of hydrogen-bond acceptors (Lipinski definition) is 7. The third-order valence-electron chi connectivity index (χ3n) is 5.04. The highest BCUT2D eigenvalue weighted by atomic mass is 16.6. The molecule has 164 valence electrons. The van der Waals surface area contributed by atoms with Crippen molar-refractivity contribution in [1.29, 1.82) is 0 Å². The second kappa shape index (κ2) is 8.60. The summed E-state index contributed by atoms with van der Waals surface area (Å²) in [7, 11) is 0. The fourth-order valence-corrected chi connectivity index (χ4v) is 3.38. The summed E-state index contributed by atoms with van der Waals surface area (Å²) in [6.45, 7) is 3.85. The number of rotatable bonds is 7. The maximum absolute atomic E-state index is 12.9. The molecular weight excluding hydrogens is 414 g/mol. The highest BCUT2D eigenvalue weighted by Crippen LogP contribution is 2.24. The topological polar surface area (TPSA) is 125 Å². The first-order chi connectivity index (χ1) is 15.3. The Hall–Kier alpha value is -4.05. The number of nitrogens with zero attached hydrogens (tertiary/aromatic N) is 5. The smallest absolute Gasteiger partial charge is 0.294 e. The Morgan fingerprint density at radius 3 is 2.78 bits per heavy atom. The van der Waals surface area contributed by atoms with Crippen molar-refractivity contribution in [1.82, 2.24) is 19.3 Å². The lowest BCUT2D eigenvalue weighted by Gasteiger charge is -2.15. The number of fused-ring (bicyclic) bond motifs is 1. The van der Waals surface area contributed by atoms with Crippen LogP contribution in [-0.2, 0) is 6.54 Å². The van der Waals surface area contributed by atoms with Gasteiger partial charge in [-0.1, -0.05) is 24.3 Å². The Morgan fingerprint density at radius 2 is 2.00 bits per heavy atom. The molecule has 0 saturated heterocycles. The lowest BCUT2D eigenvalue weighted by molar-refractivity contribution is -0.384. The zero-order valence-electron chi connectivity index (χ0n) is 17.5. The molecule has 0 amide bonds. The number of aryl methyl sites for hydroxylation is 2. The largest absolute Gasteiger partial charge is 0.491 e. The molecule has 0 aliphatic heterocycles. The predicted molar refractivity (Wildman–Crippen MR) is 117 cm³/mol. The molecule has 0 fully saturated rings. The van der Waals surface area contributed by atoms with Crippen LogP contribution < -0.4 is 10.3 Å². The van der Waals surface area contributed by atoms with Crippen LogP contribution >= 0.6 is 0 Å². The molecule has 0 saturated carbocycles. The zero-order chi connectivity index (χ0) is 22.8. The number of nitro benzene ring substituents is 1. The Balaban J connectivity index is 1.57. The SMILES string of the molecule is Cc1ccc(C)c(OCC(O)Cn2cnc3c(cnn3-c3ccccc3[N+](=O)[O-])c2=O)c1. The minimum absolute atomic E-state index is 0.00421. The van der Waals surface area contributed by atoms with E-state index in [0.29, 0.717) is 5.75 Å². The second-order valence-electron chi connectivity index (χ2n) is 7.48. The summed E-state index contributed by atoms with van der Waals surface area (Å²) in [5.74, 6) is 0.677. The van der Waals surface area contributed by atoms with Gasteiger partial charge < -0.3 is 9.84 Å². The second-order valence-corrected chi connectivity index (χ2v) is 7.48. The number of ether oxygens (including phenoxy) is 1. The molecule has 4 rings (SSSR count). The van der Waals surface area contributed by atoms with E-state index in [4.69, 9.17) is 4.74 Å². The molecule has 0 aliphatic rings. The van der Waals surface area contributed by atoms with Crippen LogP contribution in [0.5, 0.6) is 5.75 Å². The molecule has 2 aromatic heterocycles. The van der Waals surface area contributed by atoms with Crippen molar-refractivity contribution in [3.63, 3.8) is 0 Å². The van der Waals surface area contributed by atoms with Gasteiger partial charge in [-0.15, -0.1) is 0 Å². The molecule has 0 radical (unpaired) electrons. The Labute approximate surface area is 182 Å². The average molecular weight is 435 g/mol. The molecule has 0 spiro atoms. The molecule has 1 unspecified atom stereocenters. The van der Waals surface area contributed by atoms with Crippen molar-refractivity contribution in [3.05, 3.63) is 86.6 Å². The summed E-state index contributed by atoms with van der Waals surface area (Å²) in [6.07, 6.45) is 1.66. The zero-order valence-corrected chi connectivity index (χ0v) is 17.5. The van der Waals surface area contributed by atoms with Crippen molar-refractivity contribution in [2.24, 2.45) is 0 Å². The van der Waals surface area contributed by atoms with Crippen LogP contribution in [0.2, 0.25) is 0 Å². The van der Waals surface area contributed by atoms with E-state index in [2.05, 4.69) is 10.1 Å². The summed E-state index contributed by atoms with van der Waals surface area (Å²) in [4.78, 5) is 28.0. The van der Waals surface area contributed by atoms with E-state index in [1.165, 1.54) is 33.9 Å². The standard InChI is InChI=1S/C22H21N5O5/c1-14-7-8-15(2)20(9-14)32-12-16(28)11-25-13-23-21-17(22(25)29)10-24-26(21)18-5-3-4-6-19(18)27(30)31/h3-10,13,16,28H,11-12H2,1-2H3. The van der Waals surface area contributed by atoms with E-state index in [1.807, 2.05) is 32.0 Å². The van der Waals surface area contributed by atoms with E-state index >= 15 is 0 Å². The molecule has 1 atom stereocenters. The molecule has 4 aromatic rings. The number of benzene rings is 2. The van der Waals surface area contributed by atoms with Crippen molar-refractivity contribution in [3.8, 4) is 11.4 Å². The van der Waals surface area contributed by atoms with Crippen LogP contribution in [0.15, 0.2) is 59.8 Å². The molecule has 10 heteroatoms. The number of aliphatic hydroxyl groups is 1. The van der Waals surface area contributed by atoms with E-state index < -0.39 is 16.6 Å². The van der Waals surface area contributed by atoms with E-state index in [1.54, 1.807) is 12.1 Å². The van der Waals surface area contributed by atoms with Gasteiger partial charge in [-0.05, 0) is 37.1 Å². The van der Waals surface area contributed by atoms with Gasteiger partial charge in [0.1, 0.15) is 35.9 Å². The predicted octanol–water partition coefficient (Wildman–Crippen LogP) is 2.55. The van der Waals surface area contributed by atoms with Crippen molar-refractivity contribution < 1.29 is 14.8 Å². The van der Waals surface area contributed by atoms with E-state index in [0.717, 1.165) is 11.1 Å². The minimum Gasteiger partial charge on any atom is -0.491 e. The molecule has 10 nitrogen and oxygen atoms in total. The van der Waals surface area contributed by atoms with E-state index in [9.17, 15) is 20.0 Å². The molecule has 1 N–H and O–H groups in total. The summed E-state index contributed by atoms with van der Waals surface area (Å²) in [5, 5.41) is 26.1. The van der Waals surface area contributed by atoms with Crippen molar-refractivity contribution in [2.75, 3.05) is 6.61 Å². The maximum atomic E-state index is 12.9. The van der Waals surface area contributed by atoms with Gasteiger partial charge in [0.2, 0.25) is 0 Å². The van der Waals surface area contributed by atoms with Gasteiger partial charge in [0, 0.05) is 6.07 Å². The van der Waals surface area contributed by atoms with Gasteiger partial charge in [-0.25, -0.2) is 9.67 Å². The van der Waals surface area contributed by atoms with Gasteiger partial charge in [0.15, 0.2) is 5.65 Å². The van der Waals surface area contributed by atoms with Gasteiger partial charge in [0.25, 0.3) is 11.2 Å². The summed E-state index contributed by atoms with van der Waals surface area (Å²) in [5.41, 5.74) is 1.83. The monoisotopic (exact) mass is 435 g/mol. The summed E-state index contributed by atoms with van der Waals surface area (Å²) in [6, 6.07) is 11.9. The lowest BCUT2D eigenvalue weighted by Crippen LogP contribution is -2.30. The molecule has 32 heavy (non-hydrogen) atoms. The molecule has 0 bridgehead atoms. The van der Waals surface area contributed by atoms with E-state index in [-0.39, 0.29) is 35.6 Å². The Bertz CT molecular complexity index is 1360. The maximum Gasteiger partial charge on any atom is 0.294 e. The Morgan fingerprint density at radius 1 is 1.22 bits per heavy atom. The normalized spacial score (nSPS) is 12.1. The van der Waals surface area contributed by atoms with Gasteiger partial charge in [-0.3, -0.25) is 19.5 Å². The Kier molecular flexibility index (Phi) is 5.69. The number of nitro groups is 1. The van der Waals surface area contributed by atoms with Crippen molar-refractivity contribution in [2.45, 2.75) is 26.5 Å². The van der Waals surface area contributed by atoms with Gasteiger partial charge >= 0.3 is 0 Å². The first kappa shape index (κ1) is 21.2. The highest BCUT2D eigenvalue weighted by molar-refractivity contribution is 5.76. The third-order valence-corrected chi connectivity index (χ3v) is 5.04. The van der Waals surface area contributed by atoms with Crippen LogP contribution in [0.25, 0.3) is 16.7 Å². The fraction of sp³-hybridized carbons (Fsp3) is 0.227. The molecule has 2 aromatic carbocycles. The minimum atomic E-state index is -0.947. The highest BCUT2D eigenvalue weighted by Gasteiger charge is 2.19. The van der Waals surface area contributed by atoms with Gasteiger partial charge in [-0.2, -0.15) is 5.10 Å². The van der Waals surface area contributed by atoms with Crippen LogP contribution in [0, 0.1) is 24.0 Å². The lowest BCUT2D eigenvalue weighted by atomic mass is 10.1. The van der Waals surface area contributed by atoms with Crippen LogP contribution in [-0.4, -0.2) is 42.1 Å². The third kappa shape index (κ3) is 4.08.